The highest BCUT2D eigenvalue weighted by Gasteiger charge is 2.35. The lowest BCUT2D eigenvalue weighted by Gasteiger charge is -2.24. The zero-order valence-corrected chi connectivity index (χ0v) is 19.5. The number of hydrogen-bond acceptors (Lipinski definition) is 6. The topological polar surface area (TPSA) is 54.8 Å². The molecule has 0 bridgehead atoms. The summed E-state index contributed by atoms with van der Waals surface area (Å²) in [5.41, 5.74) is 2.37. The zero-order chi connectivity index (χ0) is 21.6. The highest BCUT2D eigenvalue weighted by atomic mass is 32.2. The highest BCUT2D eigenvalue weighted by molar-refractivity contribution is 8.14. The molecule has 3 aromatic rings. The molecule has 1 unspecified atom stereocenters. The van der Waals surface area contributed by atoms with E-state index in [4.69, 9.17) is 14.7 Å². The van der Waals surface area contributed by atoms with Crippen molar-refractivity contribution in [1.29, 1.82) is 0 Å². The summed E-state index contributed by atoms with van der Waals surface area (Å²) in [6, 6.07) is 14.0. The van der Waals surface area contributed by atoms with E-state index in [1.54, 1.807) is 23.1 Å². The number of fused-ring (bicyclic) bond motifs is 1. The first-order chi connectivity index (χ1) is 15.2. The number of pyridine rings is 1. The number of para-hydroxylation sites is 1. The molecule has 162 valence electrons. The van der Waals surface area contributed by atoms with Crippen LogP contribution in [0, 0.1) is 0 Å². The van der Waals surface area contributed by atoms with Crippen LogP contribution in [0.1, 0.15) is 37.0 Å². The molecule has 5 nitrogen and oxygen atoms in total. The molecule has 7 heteroatoms. The van der Waals surface area contributed by atoms with Gasteiger partial charge in [-0.1, -0.05) is 43.0 Å². The van der Waals surface area contributed by atoms with Crippen LogP contribution in [0.25, 0.3) is 21.5 Å². The van der Waals surface area contributed by atoms with Crippen molar-refractivity contribution >= 4 is 45.1 Å². The van der Waals surface area contributed by atoms with Crippen molar-refractivity contribution in [2.75, 3.05) is 25.5 Å². The Hall–Kier alpha value is -2.22. The summed E-state index contributed by atoms with van der Waals surface area (Å²) in [6.45, 7) is 6.21. The summed E-state index contributed by atoms with van der Waals surface area (Å²) in [7, 11) is 0. The summed E-state index contributed by atoms with van der Waals surface area (Å²) in [4.78, 5) is 26.4. The second-order valence-corrected chi connectivity index (χ2v) is 9.25. The van der Waals surface area contributed by atoms with Crippen molar-refractivity contribution in [3.05, 3.63) is 53.4 Å². The Kier molecular flexibility index (Phi) is 7.37. The summed E-state index contributed by atoms with van der Waals surface area (Å²) >= 11 is 3.31. The molecular weight excluding hydrogens is 426 g/mol. The molecular formula is C24H27N3O2S2. The lowest BCUT2D eigenvalue weighted by molar-refractivity contribution is 0.0820. The van der Waals surface area contributed by atoms with E-state index in [1.165, 1.54) is 0 Å². The molecule has 1 aliphatic rings. The average Bonchev–Trinajstić information content (AvgIpc) is 3.48. The number of carbonyl (C=O) groups is 1. The van der Waals surface area contributed by atoms with E-state index < -0.39 is 0 Å². The summed E-state index contributed by atoms with van der Waals surface area (Å²) in [5.74, 6) is 0.893. The van der Waals surface area contributed by atoms with E-state index in [0.717, 1.165) is 51.8 Å². The molecule has 1 fully saturated rings. The van der Waals surface area contributed by atoms with Crippen molar-refractivity contribution < 1.29 is 9.53 Å². The minimum atomic E-state index is 0.0109. The van der Waals surface area contributed by atoms with E-state index in [2.05, 4.69) is 6.92 Å². The van der Waals surface area contributed by atoms with E-state index >= 15 is 0 Å². The third-order valence-electron chi connectivity index (χ3n) is 5.28. The van der Waals surface area contributed by atoms with Gasteiger partial charge in [0.15, 0.2) is 5.17 Å². The number of aromatic nitrogens is 1. The zero-order valence-electron chi connectivity index (χ0n) is 17.9. The number of rotatable bonds is 8. The number of carbonyl (C=O) groups excluding carboxylic acids is 1. The normalized spacial score (nSPS) is 17.7. The molecule has 3 heterocycles. The maximum Gasteiger partial charge on any atom is 0.260 e. The van der Waals surface area contributed by atoms with Gasteiger partial charge < -0.3 is 4.74 Å². The van der Waals surface area contributed by atoms with Crippen molar-refractivity contribution in [3.63, 3.8) is 0 Å². The van der Waals surface area contributed by atoms with E-state index in [0.29, 0.717) is 18.7 Å². The number of amides is 1. The second-order valence-electron chi connectivity index (χ2n) is 7.31. The van der Waals surface area contributed by atoms with Gasteiger partial charge >= 0.3 is 0 Å². The molecule has 1 saturated heterocycles. The van der Waals surface area contributed by atoms with Gasteiger partial charge in [0.05, 0.1) is 21.7 Å². The van der Waals surface area contributed by atoms with Crippen LogP contribution in [0.2, 0.25) is 0 Å². The number of thioether (sulfide) groups is 1. The van der Waals surface area contributed by atoms with Crippen LogP contribution in [-0.4, -0.2) is 52.5 Å². The van der Waals surface area contributed by atoms with Gasteiger partial charge in [-0.25, -0.2) is 4.98 Å². The molecule has 0 aliphatic carbocycles. The SMILES string of the molecule is CCOCCCN=C1SCC(CC)N1C(=O)c1cc(-c2cccs2)nc2ccccc12. The van der Waals surface area contributed by atoms with Gasteiger partial charge in [-0.05, 0) is 43.3 Å². The molecule has 1 aliphatic heterocycles. The summed E-state index contributed by atoms with van der Waals surface area (Å²) in [6.07, 6.45) is 1.76. The maximum atomic E-state index is 13.9. The van der Waals surface area contributed by atoms with Gasteiger partial charge in [0.25, 0.3) is 5.91 Å². The van der Waals surface area contributed by atoms with Gasteiger partial charge in [0.2, 0.25) is 0 Å². The molecule has 1 aromatic carbocycles. The number of benzene rings is 1. The summed E-state index contributed by atoms with van der Waals surface area (Å²) in [5, 5.41) is 3.74. The van der Waals surface area contributed by atoms with Crippen LogP contribution in [0.4, 0.5) is 0 Å². The fraction of sp³-hybridized carbons (Fsp3) is 0.375. The Bertz CT molecular complexity index is 1070. The first-order valence-electron chi connectivity index (χ1n) is 10.7. The average molecular weight is 454 g/mol. The third-order valence-corrected chi connectivity index (χ3v) is 7.31. The van der Waals surface area contributed by atoms with Crippen molar-refractivity contribution in [2.45, 2.75) is 32.7 Å². The molecule has 2 aromatic heterocycles. The fourth-order valence-corrected chi connectivity index (χ4v) is 5.63. The summed E-state index contributed by atoms with van der Waals surface area (Å²) < 4.78 is 5.42. The van der Waals surface area contributed by atoms with Crippen LogP contribution in [0.5, 0.6) is 0 Å². The number of amidine groups is 1. The third kappa shape index (κ3) is 4.84. The monoisotopic (exact) mass is 453 g/mol. The number of aliphatic imine (C=N–C) groups is 1. The highest BCUT2D eigenvalue weighted by Crippen LogP contribution is 2.32. The lowest BCUT2D eigenvalue weighted by atomic mass is 10.0. The number of thiophene rings is 1. The minimum absolute atomic E-state index is 0.0109. The predicted molar refractivity (Wildman–Crippen MR) is 131 cm³/mol. The smallest absolute Gasteiger partial charge is 0.260 e. The van der Waals surface area contributed by atoms with Crippen molar-refractivity contribution in [3.8, 4) is 10.6 Å². The number of nitrogens with zero attached hydrogens (tertiary/aromatic N) is 3. The Morgan fingerprint density at radius 3 is 2.90 bits per heavy atom. The molecule has 4 rings (SSSR count). The van der Waals surface area contributed by atoms with Crippen molar-refractivity contribution in [2.24, 2.45) is 4.99 Å². The fourth-order valence-electron chi connectivity index (χ4n) is 3.66. The van der Waals surface area contributed by atoms with Gasteiger partial charge in [-0.3, -0.25) is 14.7 Å². The first-order valence-corrected chi connectivity index (χ1v) is 12.6. The van der Waals surface area contributed by atoms with Gasteiger partial charge in [0, 0.05) is 36.9 Å². The molecule has 31 heavy (non-hydrogen) atoms. The Labute approximate surface area is 191 Å². The molecule has 1 amide bonds. The predicted octanol–water partition coefficient (Wildman–Crippen LogP) is 5.71. The Morgan fingerprint density at radius 1 is 1.26 bits per heavy atom. The van der Waals surface area contributed by atoms with Gasteiger partial charge in [-0.15, -0.1) is 11.3 Å². The van der Waals surface area contributed by atoms with E-state index in [9.17, 15) is 4.79 Å². The van der Waals surface area contributed by atoms with Crippen LogP contribution in [0.3, 0.4) is 0 Å². The Morgan fingerprint density at radius 2 is 2.13 bits per heavy atom. The van der Waals surface area contributed by atoms with Crippen LogP contribution in [-0.2, 0) is 4.74 Å². The van der Waals surface area contributed by atoms with Crippen LogP contribution in [0.15, 0.2) is 52.8 Å². The Balaban J connectivity index is 1.70. The van der Waals surface area contributed by atoms with Crippen LogP contribution >= 0.6 is 23.1 Å². The lowest BCUT2D eigenvalue weighted by Crippen LogP contribution is -2.39. The van der Waals surface area contributed by atoms with Gasteiger partial charge in [0.1, 0.15) is 0 Å². The second kappa shape index (κ2) is 10.4. The first kappa shape index (κ1) is 22.0. The maximum absolute atomic E-state index is 13.9. The molecule has 0 spiro atoms. The molecule has 0 N–H and O–H groups in total. The molecule has 0 saturated carbocycles. The van der Waals surface area contributed by atoms with Crippen LogP contribution < -0.4 is 0 Å². The van der Waals surface area contributed by atoms with E-state index in [-0.39, 0.29) is 11.9 Å². The van der Waals surface area contributed by atoms with E-state index in [1.807, 2.05) is 59.7 Å². The van der Waals surface area contributed by atoms with Gasteiger partial charge in [-0.2, -0.15) is 0 Å². The minimum Gasteiger partial charge on any atom is -0.382 e. The quantitative estimate of drug-likeness (QED) is 0.410. The number of ether oxygens (including phenoxy) is 1. The molecule has 0 radical (unpaired) electrons. The largest absolute Gasteiger partial charge is 0.382 e. The van der Waals surface area contributed by atoms with Crippen molar-refractivity contribution in [1.82, 2.24) is 9.88 Å². The molecule has 1 atom stereocenters. The number of hydrogen-bond donors (Lipinski definition) is 0. The standard InChI is InChI=1S/C24H27N3O2S2/c1-3-17-16-31-24(25-12-8-13-29-4-2)27(17)23(28)19-15-21(22-11-7-14-30-22)26-20-10-6-5-9-18(19)20/h5-7,9-11,14-15,17H,3-4,8,12-13,16H2,1-2H3.